The number of H-pyrrole nitrogens is 1. The van der Waals surface area contributed by atoms with Crippen LogP contribution in [0, 0.1) is 43.4 Å². The van der Waals surface area contributed by atoms with Crippen LogP contribution in [0.15, 0.2) is 24.4 Å². The first-order chi connectivity index (χ1) is 14.4. The summed E-state index contributed by atoms with van der Waals surface area (Å²) in [6, 6.07) is 10.2. The largest absolute Gasteiger partial charge is 0.495 e. The average molecular weight is 414 g/mol. The second-order valence-corrected chi connectivity index (χ2v) is 8.09. The van der Waals surface area contributed by atoms with Crippen LogP contribution in [0.25, 0.3) is 27.8 Å². The zero-order valence-electron chi connectivity index (χ0n) is 16.9. The number of allylic oxidation sites excluding steroid dienone is 1. The van der Waals surface area contributed by atoms with Crippen LogP contribution in [0.5, 0.6) is 5.75 Å². The number of pyridine rings is 1. The van der Waals surface area contributed by atoms with Gasteiger partial charge < -0.3 is 14.3 Å². The van der Waals surface area contributed by atoms with E-state index in [0.29, 0.717) is 33.9 Å². The highest BCUT2D eigenvalue weighted by molar-refractivity contribution is 7.14. The molecule has 0 unspecified atom stereocenters. The van der Waals surface area contributed by atoms with Crippen LogP contribution in [0.1, 0.15) is 33.2 Å². The molecule has 4 heterocycles. The number of methoxy groups -OCH3 is 1. The first kappa shape index (κ1) is 19.4. The van der Waals surface area contributed by atoms with Gasteiger partial charge in [0.15, 0.2) is 11.5 Å². The van der Waals surface area contributed by atoms with E-state index in [1.54, 1.807) is 36.8 Å². The molecule has 0 aromatic carbocycles. The Kier molecular flexibility index (Phi) is 4.86. The van der Waals surface area contributed by atoms with Crippen molar-refractivity contribution in [3.05, 3.63) is 57.6 Å². The van der Waals surface area contributed by atoms with Crippen molar-refractivity contribution in [2.24, 2.45) is 0 Å². The van der Waals surface area contributed by atoms with Gasteiger partial charge in [0.05, 0.1) is 30.0 Å². The molecule has 4 aromatic heterocycles. The third kappa shape index (κ3) is 3.24. The van der Waals surface area contributed by atoms with Gasteiger partial charge in [-0.3, -0.25) is 0 Å². The molecule has 0 radical (unpaired) electrons. The summed E-state index contributed by atoms with van der Waals surface area (Å²) in [7, 11) is 1.57. The normalized spacial score (nSPS) is 11.5. The van der Waals surface area contributed by atoms with E-state index in [1.807, 2.05) is 32.9 Å². The topological polar surface area (TPSA) is 103 Å². The predicted octanol–water partition coefficient (Wildman–Crippen LogP) is 4.68. The summed E-state index contributed by atoms with van der Waals surface area (Å²) in [6.07, 6.45) is 3.40. The molecule has 7 nitrogen and oxygen atoms in total. The molecule has 0 atom stereocenters. The second kappa shape index (κ2) is 7.51. The van der Waals surface area contributed by atoms with Crippen molar-refractivity contribution < 1.29 is 4.74 Å². The smallest absolute Gasteiger partial charge is 0.178 e. The second-order valence-electron chi connectivity index (χ2n) is 6.85. The van der Waals surface area contributed by atoms with Crippen LogP contribution in [0.4, 0.5) is 0 Å². The van der Waals surface area contributed by atoms with Gasteiger partial charge in [-0.1, -0.05) is 0 Å². The highest BCUT2D eigenvalue weighted by atomic mass is 32.1. The van der Waals surface area contributed by atoms with Crippen LogP contribution in [0.2, 0.25) is 0 Å². The van der Waals surface area contributed by atoms with E-state index in [0.717, 1.165) is 26.8 Å². The average Bonchev–Trinajstić information content (AvgIpc) is 3.40. The molecule has 148 valence electrons. The Morgan fingerprint density at radius 3 is 2.73 bits per heavy atom. The van der Waals surface area contributed by atoms with Crippen molar-refractivity contribution >= 4 is 34.1 Å². The van der Waals surface area contributed by atoms with Crippen LogP contribution in [-0.4, -0.2) is 26.6 Å². The molecule has 0 fully saturated rings. The lowest BCUT2D eigenvalue weighted by Gasteiger charge is -2.07. The summed E-state index contributed by atoms with van der Waals surface area (Å²) in [4.78, 5) is 12.9. The zero-order valence-corrected chi connectivity index (χ0v) is 17.8. The zero-order chi connectivity index (χ0) is 21.4. The van der Waals surface area contributed by atoms with E-state index in [4.69, 9.17) is 4.74 Å². The van der Waals surface area contributed by atoms with Crippen molar-refractivity contribution in [3.63, 3.8) is 0 Å². The van der Waals surface area contributed by atoms with Gasteiger partial charge in [-0.15, -0.1) is 11.3 Å². The van der Waals surface area contributed by atoms with Gasteiger partial charge >= 0.3 is 0 Å². The Morgan fingerprint density at radius 1 is 1.23 bits per heavy atom. The number of imidazole rings is 1. The number of nitrogens with one attached hydrogen (secondary N) is 1. The fraction of sp³-hybridized carbons (Fsp3) is 0.182. The number of rotatable bonds is 4. The fourth-order valence-electron chi connectivity index (χ4n) is 3.42. The molecule has 30 heavy (non-hydrogen) atoms. The minimum atomic E-state index is 0.398. The maximum Gasteiger partial charge on any atom is 0.178 e. The number of aromatic nitrogens is 4. The van der Waals surface area contributed by atoms with Gasteiger partial charge in [0.2, 0.25) is 0 Å². The summed E-state index contributed by atoms with van der Waals surface area (Å²) >= 11 is 1.58. The third-order valence-electron chi connectivity index (χ3n) is 4.85. The molecular formula is C22H18N6OS. The number of aromatic amines is 1. The van der Waals surface area contributed by atoms with E-state index < -0.39 is 0 Å². The molecule has 0 spiro atoms. The van der Waals surface area contributed by atoms with Gasteiger partial charge in [0.1, 0.15) is 22.9 Å². The van der Waals surface area contributed by atoms with E-state index in [2.05, 4.69) is 31.7 Å². The van der Waals surface area contributed by atoms with Crippen molar-refractivity contribution in [2.75, 3.05) is 7.11 Å². The SMILES string of the molecule is COc1cnc2nc(C(C#N)=Cc3cc(C)n(-c4sc(C)cc4C#N)c3C)[nH]c2c1. The fourth-order valence-corrected chi connectivity index (χ4v) is 4.49. The number of ether oxygens (including phenoxy) is 1. The molecule has 0 bridgehead atoms. The summed E-state index contributed by atoms with van der Waals surface area (Å²) in [5.41, 5.74) is 5.10. The summed E-state index contributed by atoms with van der Waals surface area (Å²) in [6.45, 7) is 5.96. The molecule has 4 aromatic rings. The highest BCUT2D eigenvalue weighted by Crippen LogP contribution is 2.31. The van der Waals surface area contributed by atoms with E-state index in [-0.39, 0.29) is 0 Å². The summed E-state index contributed by atoms with van der Waals surface area (Å²) < 4.78 is 7.25. The van der Waals surface area contributed by atoms with E-state index in [9.17, 15) is 10.5 Å². The van der Waals surface area contributed by atoms with Gasteiger partial charge in [-0.25, -0.2) is 9.97 Å². The van der Waals surface area contributed by atoms with Crippen molar-refractivity contribution in [3.8, 4) is 22.9 Å². The highest BCUT2D eigenvalue weighted by Gasteiger charge is 2.17. The molecule has 0 saturated carbocycles. The Morgan fingerprint density at radius 2 is 2.03 bits per heavy atom. The van der Waals surface area contributed by atoms with Gasteiger partial charge in [-0.05, 0) is 44.5 Å². The number of aryl methyl sites for hydroxylation is 2. The Hall–Kier alpha value is -3.88. The molecule has 0 aliphatic rings. The molecule has 0 saturated heterocycles. The molecule has 0 aliphatic heterocycles. The van der Waals surface area contributed by atoms with Crippen LogP contribution < -0.4 is 4.74 Å². The monoisotopic (exact) mass is 414 g/mol. The first-order valence-corrected chi connectivity index (χ1v) is 9.98. The number of hydrogen-bond acceptors (Lipinski definition) is 6. The molecule has 8 heteroatoms. The number of nitriles is 2. The van der Waals surface area contributed by atoms with Crippen LogP contribution >= 0.6 is 11.3 Å². The molecule has 0 amide bonds. The lowest BCUT2D eigenvalue weighted by Crippen LogP contribution is -1.98. The molecular weight excluding hydrogens is 396 g/mol. The lowest BCUT2D eigenvalue weighted by molar-refractivity contribution is 0.413. The predicted molar refractivity (Wildman–Crippen MR) is 116 cm³/mol. The van der Waals surface area contributed by atoms with Crippen molar-refractivity contribution in [1.29, 1.82) is 10.5 Å². The summed E-state index contributed by atoms with van der Waals surface area (Å²) in [5.74, 6) is 1.06. The molecule has 1 N–H and O–H groups in total. The first-order valence-electron chi connectivity index (χ1n) is 9.17. The van der Waals surface area contributed by atoms with Gasteiger partial charge in [0, 0.05) is 22.3 Å². The Labute approximate surface area is 177 Å². The minimum Gasteiger partial charge on any atom is -0.495 e. The lowest BCUT2D eigenvalue weighted by atomic mass is 10.1. The number of nitrogens with zero attached hydrogens (tertiary/aromatic N) is 5. The van der Waals surface area contributed by atoms with Gasteiger partial charge in [0.25, 0.3) is 0 Å². The number of fused-ring (bicyclic) bond motifs is 1. The standard InChI is InChI=1S/C22H18N6OS/c1-12-5-15(14(3)28(12)22-17(10-24)6-13(2)30-22)7-16(9-23)20-26-19-8-18(29-4)11-25-21(19)27-20/h5-8,11H,1-4H3,(H,25,26,27). The minimum absolute atomic E-state index is 0.398. The summed E-state index contributed by atoms with van der Waals surface area (Å²) in [5, 5.41) is 20.1. The Balaban J connectivity index is 1.81. The molecule has 4 rings (SSSR count). The van der Waals surface area contributed by atoms with E-state index >= 15 is 0 Å². The number of thiophene rings is 1. The van der Waals surface area contributed by atoms with Crippen molar-refractivity contribution in [2.45, 2.75) is 20.8 Å². The van der Waals surface area contributed by atoms with Crippen LogP contribution in [-0.2, 0) is 0 Å². The quantitative estimate of drug-likeness (QED) is 0.488. The van der Waals surface area contributed by atoms with Gasteiger partial charge in [-0.2, -0.15) is 10.5 Å². The maximum atomic E-state index is 9.77. The van der Waals surface area contributed by atoms with E-state index in [1.165, 1.54) is 0 Å². The molecule has 0 aliphatic carbocycles. The third-order valence-corrected chi connectivity index (χ3v) is 5.89. The van der Waals surface area contributed by atoms with Crippen molar-refractivity contribution in [1.82, 2.24) is 19.5 Å². The number of hydrogen-bond donors (Lipinski definition) is 1. The Bertz CT molecular complexity index is 1390. The maximum absolute atomic E-state index is 9.77. The van der Waals surface area contributed by atoms with Crippen LogP contribution in [0.3, 0.4) is 0 Å².